The van der Waals surface area contributed by atoms with Crippen LogP contribution < -0.4 is 10.6 Å². The number of halogens is 1. The molecule has 1 amide bonds. The minimum atomic E-state index is -0.413. The maximum Gasteiger partial charge on any atom is 0.251 e. The van der Waals surface area contributed by atoms with Crippen LogP contribution in [0.3, 0.4) is 0 Å². The van der Waals surface area contributed by atoms with E-state index in [1.54, 1.807) is 0 Å². The van der Waals surface area contributed by atoms with Crippen molar-refractivity contribution in [2.45, 2.75) is 30.2 Å². The highest BCUT2D eigenvalue weighted by atomic mass is 32.1. The van der Waals surface area contributed by atoms with Crippen LogP contribution in [0.1, 0.15) is 29.6 Å². The molecule has 1 aromatic rings. The molecule has 1 aliphatic rings. The molecule has 2 rings (SSSR count). The Hall–Kier alpha value is -1.07. The molecule has 0 radical (unpaired) electrons. The topological polar surface area (TPSA) is 41.1 Å². The van der Waals surface area contributed by atoms with E-state index in [0.29, 0.717) is 18.2 Å². The number of carbonyl (C=O) groups excluding carboxylic acids is 1. The highest BCUT2D eigenvalue weighted by Crippen LogP contribution is 2.18. The molecule has 1 aromatic carbocycles. The average molecular weight is 268 g/mol. The van der Waals surface area contributed by atoms with E-state index in [9.17, 15) is 9.18 Å². The smallest absolute Gasteiger partial charge is 0.251 e. The summed E-state index contributed by atoms with van der Waals surface area (Å²) in [5.41, 5.74) is 0.441. The Labute approximate surface area is 112 Å². The van der Waals surface area contributed by atoms with E-state index in [4.69, 9.17) is 0 Å². The zero-order valence-corrected chi connectivity index (χ0v) is 11.0. The van der Waals surface area contributed by atoms with Gasteiger partial charge in [-0.1, -0.05) is 0 Å². The summed E-state index contributed by atoms with van der Waals surface area (Å²) < 4.78 is 13.0. The maximum absolute atomic E-state index is 13.0. The molecule has 0 unspecified atom stereocenters. The lowest BCUT2D eigenvalue weighted by molar-refractivity contribution is 0.0953. The van der Waals surface area contributed by atoms with Crippen molar-refractivity contribution >= 4 is 18.5 Å². The Morgan fingerprint density at radius 2 is 2.17 bits per heavy atom. The first-order chi connectivity index (χ1) is 8.66. The molecule has 5 heteroatoms. The van der Waals surface area contributed by atoms with Crippen LogP contribution in [-0.2, 0) is 0 Å². The molecule has 98 valence electrons. The third kappa shape index (κ3) is 3.99. The van der Waals surface area contributed by atoms with Crippen molar-refractivity contribution in [1.29, 1.82) is 0 Å². The molecule has 0 spiro atoms. The van der Waals surface area contributed by atoms with Gasteiger partial charge in [0.25, 0.3) is 5.91 Å². The number of hydrogen-bond donors (Lipinski definition) is 3. The summed E-state index contributed by atoms with van der Waals surface area (Å²) in [5.74, 6) is -0.597. The lowest BCUT2D eigenvalue weighted by atomic mass is 10.2. The number of thiol groups is 1. The van der Waals surface area contributed by atoms with Crippen molar-refractivity contribution in [2.24, 2.45) is 0 Å². The van der Waals surface area contributed by atoms with Crippen molar-refractivity contribution in [3.05, 3.63) is 29.6 Å². The minimum Gasteiger partial charge on any atom is -0.352 e. The summed E-state index contributed by atoms with van der Waals surface area (Å²) in [6.07, 6.45) is 3.44. The third-order valence-corrected chi connectivity index (χ3v) is 3.20. The summed E-state index contributed by atoms with van der Waals surface area (Å²) >= 11 is 3.95. The predicted octanol–water partition coefficient (Wildman–Crippen LogP) is 1.99. The highest BCUT2D eigenvalue weighted by molar-refractivity contribution is 7.80. The number of carbonyl (C=O) groups is 1. The number of rotatable bonds is 6. The number of hydrogen-bond acceptors (Lipinski definition) is 3. The van der Waals surface area contributed by atoms with Gasteiger partial charge >= 0.3 is 0 Å². The molecule has 0 aliphatic heterocycles. The first-order valence-corrected chi connectivity index (χ1v) is 6.61. The zero-order valence-electron chi connectivity index (χ0n) is 10.1. The van der Waals surface area contributed by atoms with Crippen molar-refractivity contribution in [3.8, 4) is 0 Å². The SMILES string of the molecule is O=C(NCCCNC1CC1)c1ccc(F)c(S)c1. The van der Waals surface area contributed by atoms with Gasteiger partial charge in [-0.05, 0) is 44.0 Å². The Bertz CT molecular complexity index is 435. The van der Waals surface area contributed by atoms with Crippen LogP contribution in [0.25, 0.3) is 0 Å². The van der Waals surface area contributed by atoms with Gasteiger partial charge in [0.2, 0.25) is 0 Å². The standard InChI is InChI=1S/C13H17FN2OS/c14-11-5-2-9(8-12(11)18)13(17)16-7-1-6-15-10-3-4-10/h2,5,8,10,15,18H,1,3-4,6-7H2,(H,16,17). The maximum atomic E-state index is 13.0. The van der Waals surface area contributed by atoms with Crippen molar-refractivity contribution in [1.82, 2.24) is 10.6 Å². The summed E-state index contributed by atoms with van der Waals surface area (Å²) in [4.78, 5) is 11.9. The van der Waals surface area contributed by atoms with Gasteiger partial charge in [-0.15, -0.1) is 12.6 Å². The molecule has 3 nitrogen and oxygen atoms in total. The van der Waals surface area contributed by atoms with E-state index in [-0.39, 0.29) is 10.8 Å². The molecular formula is C13H17FN2OS. The molecule has 0 saturated heterocycles. The first-order valence-electron chi connectivity index (χ1n) is 6.17. The Morgan fingerprint density at radius 3 is 2.83 bits per heavy atom. The van der Waals surface area contributed by atoms with Crippen molar-refractivity contribution < 1.29 is 9.18 Å². The fraction of sp³-hybridized carbons (Fsp3) is 0.462. The van der Waals surface area contributed by atoms with Gasteiger partial charge < -0.3 is 10.6 Å². The highest BCUT2D eigenvalue weighted by Gasteiger charge is 2.19. The summed E-state index contributed by atoms with van der Waals surface area (Å²) in [7, 11) is 0. The quantitative estimate of drug-likeness (QED) is 0.545. The van der Waals surface area contributed by atoms with Crippen LogP contribution in [-0.4, -0.2) is 25.0 Å². The molecular weight excluding hydrogens is 251 g/mol. The van der Waals surface area contributed by atoms with Gasteiger partial charge in [0.05, 0.1) is 0 Å². The lowest BCUT2D eigenvalue weighted by Gasteiger charge is -2.06. The van der Waals surface area contributed by atoms with Gasteiger partial charge in [-0.3, -0.25) is 4.79 Å². The van der Waals surface area contributed by atoms with E-state index in [1.165, 1.54) is 31.0 Å². The second-order valence-corrected chi connectivity index (χ2v) is 4.99. The molecule has 1 aliphatic carbocycles. The normalized spacial score (nSPS) is 14.6. The molecule has 0 bridgehead atoms. The minimum absolute atomic E-state index is 0.184. The van der Waals surface area contributed by atoms with Gasteiger partial charge in [0.1, 0.15) is 5.82 Å². The monoisotopic (exact) mass is 268 g/mol. The van der Waals surface area contributed by atoms with E-state index in [1.807, 2.05) is 0 Å². The van der Waals surface area contributed by atoms with Crippen LogP contribution in [0.5, 0.6) is 0 Å². The van der Waals surface area contributed by atoms with E-state index >= 15 is 0 Å². The number of amides is 1. The van der Waals surface area contributed by atoms with Gasteiger partial charge in [-0.25, -0.2) is 4.39 Å². The Kier molecular flexibility index (Phi) is 4.60. The molecule has 0 atom stereocenters. The first kappa shape index (κ1) is 13.4. The van der Waals surface area contributed by atoms with Crippen LogP contribution >= 0.6 is 12.6 Å². The fourth-order valence-corrected chi connectivity index (χ4v) is 1.85. The van der Waals surface area contributed by atoms with E-state index in [2.05, 4.69) is 23.3 Å². The second kappa shape index (κ2) is 6.20. The predicted molar refractivity (Wildman–Crippen MR) is 71.6 cm³/mol. The van der Waals surface area contributed by atoms with Crippen LogP contribution in [0.2, 0.25) is 0 Å². The van der Waals surface area contributed by atoms with E-state index in [0.717, 1.165) is 13.0 Å². The van der Waals surface area contributed by atoms with Gasteiger partial charge in [0.15, 0.2) is 0 Å². The van der Waals surface area contributed by atoms with Gasteiger partial charge in [-0.2, -0.15) is 0 Å². The fourth-order valence-electron chi connectivity index (χ4n) is 1.64. The van der Waals surface area contributed by atoms with Crippen LogP contribution in [0.15, 0.2) is 23.1 Å². The van der Waals surface area contributed by atoms with Crippen LogP contribution in [0.4, 0.5) is 4.39 Å². The van der Waals surface area contributed by atoms with Crippen molar-refractivity contribution in [2.75, 3.05) is 13.1 Å². The molecule has 0 heterocycles. The van der Waals surface area contributed by atoms with E-state index < -0.39 is 5.82 Å². The molecule has 1 fully saturated rings. The number of benzene rings is 1. The molecule has 18 heavy (non-hydrogen) atoms. The summed E-state index contributed by atoms with van der Waals surface area (Å²) in [5, 5.41) is 6.18. The Morgan fingerprint density at radius 1 is 1.39 bits per heavy atom. The van der Waals surface area contributed by atoms with Gasteiger partial charge in [0, 0.05) is 23.0 Å². The van der Waals surface area contributed by atoms with Crippen molar-refractivity contribution in [3.63, 3.8) is 0 Å². The van der Waals surface area contributed by atoms with Crippen LogP contribution in [0, 0.1) is 5.82 Å². The summed E-state index contributed by atoms with van der Waals surface area (Å²) in [6, 6.07) is 4.86. The second-order valence-electron chi connectivity index (χ2n) is 4.50. The lowest BCUT2D eigenvalue weighted by Crippen LogP contribution is -2.28. The Balaban J connectivity index is 1.70. The largest absolute Gasteiger partial charge is 0.352 e. The number of nitrogens with one attached hydrogen (secondary N) is 2. The summed E-state index contributed by atoms with van der Waals surface area (Å²) in [6.45, 7) is 1.55. The third-order valence-electron chi connectivity index (χ3n) is 2.86. The molecule has 2 N–H and O–H groups in total. The molecule has 1 saturated carbocycles. The zero-order chi connectivity index (χ0) is 13.0. The molecule has 0 aromatic heterocycles. The average Bonchev–Trinajstić information content (AvgIpc) is 3.16.